The van der Waals surface area contributed by atoms with Crippen molar-refractivity contribution >= 4 is 11.6 Å². The third-order valence-corrected chi connectivity index (χ3v) is 3.69. The van der Waals surface area contributed by atoms with E-state index in [0.717, 1.165) is 24.5 Å². The van der Waals surface area contributed by atoms with Crippen molar-refractivity contribution in [1.82, 2.24) is 5.32 Å². The van der Waals surface area contributed by atoms with Crippen molar-refractivity contribution in [2.24, 2.45) is 0 Å². The number of benzene rings is 1. The maximum Gasteiger partial charge on any atom is 0.0561 e. The average Bonchev–Trinajstić information content (AvgIpc) is 2.29. The fourth-order valence-corrected chi connectivity index (χ4v) is 2.72. The molecule has 0 radical (unpaired) electrons. The van der Waals surface area contributed by atoms with Gasteiger partial charge in [0, 0.05) is 23.7 Å². The van der Waals surface area contributed by atoms with E-state index in [4.69, 9.17) is 16.3 Å². The van der Waals surface area contributed by atoms with E-state index < -0.39 is 0 Å². The number of halogens is 1. The van der Waals surface area contributed by atoms with Gasteiger partial charge in [-0.05, 0) is 38.3 Å². The zero-order chi connectivity index (χ0) is 12.3. The zero-order valence-electron chi connectivity index (χ0n) is 10.4. The minimum atomic E-state index is 0.291. The van der Waals surface area contributed by atoms with Gasteiger partial charge >= 0.3 is 0 Å². The molecule has 1 fully saturated rings. The molecule has 1 heterocycles. The van der Waals surface area contributed by atoms with Gasteiger partial charge in [0.2, 0.25) is 0 Å². The van der Waals surface area contributed by atoms with E-state index in [-0.39, 0.29) is 0 Å². The number of nitrogens with one attached hydrogen (secondary N) is 1. The van der Waals surface area contributed by atoms with Gasteiger partial charge in [0.15, 0.2) is 0 Å². The first kappa shape index (κ1) is 12.9. The SMILES string of the molecule is CC1CC(N[C@H](C)c2ccccc2Cl)CCO1. The van der Waals surface area contributed by atoms with Crippen LogP contribution in [0.5, 0.6) is 0 Å². The third-order valence-electron chi connectivity index (χ3n) is 3.34. The monoisotopic (exact) mass is 253 g/mol. The van der Waals surface area contributed by atoms with Gasteiger partial charge in [-0.25, -0.2) is 0 Å². The maximum absolute atomic E-state index is 6.20. The predicted octanol–water partition coefficient (Wildman–Crippen LogP) is 3.56. The van der Waals surface area contributed by atoms with Crippen LogP contribution in [0.25, 0.3) is 0 Å². The molecule has 1 aromatic rings. The second kappa shape index (κ2) is 5.85. The quantitative estimate of drug-likeness (QED) is 0.890. The van der Waals surface area contributed by atoms with Crippen molar-refractivity contribution < 1.29 is 4.74 Å². The molecule has 1 saturated heterocycles. The highest BCUT2D eigenvalue weighted by Crippen LogP contribution is 2.24. The minimum absolute atomic E-state index is 0.291. The van der Waals surface area contributed by atoms with Crippen LogP contribution in [0.1, 0.15) is 38.3 Å². The standard InChI is InChI=1S/C14H20ClNO/c1-10-9-12(7-8-17-10)16-11(2)13-5-3-4-6-14(13)15/h3-6,10-12,16H,7-9H2,1-2H3/t10?,11-,12?/m1/s1. The van der Waals surface area contributed by atoms with E-state index in [0.29, 0.717) is 18.2 Å². The van der Waals surface area contributed by atoms with Crippen molar-refractivity contribution in [1.29, 1.82) is 0 Å². The Morgan fingerprint density at radius 2 is 2.18 bits per heavy atom. The Kier molecular flexibility index (Phi) is 4.43. The lowest BCUT2D eigenvalue weighted by atomic mass is 10.0. The predicted molar refractivity (Wildman–Crippen MR) is 71.4 cm³/mol. The first-order valence-corrected chi connectivity index (χ1v) is 6.66. The van der Waals surface area contributed by atoms with Crippen molar-refractivity contribution in [3.63, 3.8) is 0 Å². The molecule has 17 heavy (non-hydrogen) atoms. The Balaban J connectivity index is 1.97. The number of rotatable bonds is 3. The molecule has 2 nitrogen and oxygen atoms in total. The van der Waals surface area contributed by atoms with E-state index in [1.807, 2.05) is 18.2 Å². The van der Waals surface area contributed by atoms with Crippen LogP contribution < -0.4 is 5.32 Å². The minimum Gasteiger partial charge on any atom is -0.378 e. The molecule has 2 unspecified atom stereocenters. The van der Waals surface area contributed by atoms with Crippen LogP contribution in [-0.2, 0) is 4.74 Å². The molecule has 0 amide bonds. The van der Waals surface area contributed by atoms with Gasteiger partial charge in [0.1, 0.15) is 0 Å². The molecule has 1 aromatic carbocycles. The summed E-state index contributed by atoms with van der Waals surface area (Å²) < 4.78 is 5.55. The van der Waals surface area contributed by atoms with Gasteiger partial charge in [-0.3, -0.25) is 0 Å². The molecule has 0 aromatic heterocycles. The Morgan fingerprint density at radius 1 is 1.41 bits per heavy atom. The van der Waals surface area contributed by atoms with Crippen LogP contribution in [-0.4, -0.2) is 18.8 Å². The van der Waals surface area contributed by atoms with Crippen LogP contribution in [0.15, 0.2) is 24.3 Å². The van der Waals surface area contributed by atoms with Gasteiger partial charge in [-0.15, -0.1) is 0 Å². The lowest BCUT2D eigenvalue weighted by Gasteiger charge is -2.30. The van der Waals surface area contributed by atoms with Crippen LogP contribution >= 0.6 is 11.6 Å². The smallest absolute Gasteiger partial charge is 0.0561 e. The number of hydrogen-bond acceptors (Lipinski definition) is 2. The highest BCUT2D eigenvalue weighted by Gasteiger charge is 2.21. The molecular weight excluding hydrogens is 234 g/mol. The summed E-state index contributed by atoms with van der Waals surface area (Å²) >= 11 is 6.20. The summed E-state index contributed by atoms with van der Waals surface area (Å²) in [6.07, 6.45) is 2.52. The summed E-state index contributed by atoms with van der Waals surface area (Å²) in [5.41, 5.74) is 1.17. The van der Waals surface area contributed by atoms with E-state index in [9.17, 15) is 0 Å². The van der Waals surface area contributed by atoms with Gasteiger partial charge in [0.25, 0.3) is 0 Å². The molecule has 94 valence electrons. The number of ether oxygens (including phenoxy) is 1. The topological polar surface area (TPSA) is 21.3 Å². The Morgan fingerprint density at radius 3 is 2.88 bits per heavy atom. The molecule has 3 heteroatoms. The highest BCUT2D eigenvalue weighted by molar-refractivity contribution is 6.31. The Bertz CT molecular complexity index is 369. The van der Waals surface area contributed by atoms with Crippen LogP contribution in [0, 0.1) is 0 Å². The second-order valence-corrected chi connectivity index (χ2v) is 5.22. The van der Waals surface area contributed by atoms with Crippen LogP contribution in [0.2, 0.25) is 5.02 Å². The van der Waals surface area contributed by atoms with Crippen LogP contribution in [0.4, 0.5) is 0 Å². The summed E-state index contributed by atoms with van der Waals surface area (Å²) in [5.74, 6) is 0. The van der Waals surface area contributed by atoms with Gasteiger partial charge in [-0.1, -0.05) is 29.8 Å². The Labute approximate surface area is 108 Å². The maximum atomic E-state index is 6.20. The van der Waals surface area contributed by atoms with Crippen molar-refractivity contribution in [3.05, 3.63) is 34.9 Å². The zero-order valence-corrected chi connectivity index (χ0v) is 11.2. The van der Waals surface area contributed by atoms with E-state index >= 15 is 0 Å². The first-order valence-electron chi connectivity index (χ1n) is 6.29. The fourth-order valence-electron chi connectivity index (χ4n) is 2.42. The third kappa shape index (κ3) is 3.44. The fraction of sp³-hybridized carbons (Fsp3) is 0.571. The van der Waals surface area contributed by atoms with E-state index in [1.165, 1.54) is 5.56 Å². The second-order valence-electron chi connectivity index (χ2n) is 4.81. The molecule has 1 aliphatic heterocycles. The summed E-state index contributed by atoms with van der Waals surface area (Å²) in [5, 5.41) is 4.48. The summed E-state index contributed by atoms with van der Waals surface area (Å²) in [6, 6.07) is 8.86. The summed E-state index contributed by atoms with van der Waals surface area (Å²) in [4.78, 5) is 0. The molecule has 1 aliphatic rings. The lowest BCUT2D eigenvalue weighted by Crippen LogP contribution is -2.39. The Hall–Kier alpha value is -0.570. The van der Waals surface area contributed by atoms with E-state index in [1.54, 1.807) is 0 Å². The normalized spacial score (nSPS) is 26.8. The summed E-state index contributed by atoms with van der Waals surface area (Å²) in [7, 11) is 0. The van der Waals surface area contributed by atoms with Crippen molar-refractivity contribution in [2.75, 3.05) is 6.61 Å². The molecule has 0 spiro atoms. The molecule has 2 rings (SSSR count). The highest BCUT2D eigenvalue weighted by atomic mass is 35.5. The molecule has 0 saturated carbocycles. The average molecular weight is 254 g/mol. The van der Waals surface area contributed by atoms with Gasteiger partial charge in [-0.2, -0.15) is 0 Å². The van der Waals surface area contributed by atoms with E-state index in [2.05, 4.69) is 25.2 Å². The molecule has 0 aliphatic carbocycles. The van der Waals surface area contributed by atoms with Crippen molar-refractivity contribution in [3.8, 4) is 0 Å². The largest absolute Gasteiger partial charge is 0.378 e. The summed E-state index contributed by atoms with van der Waals surface area (Å²) in [6.45, 7) is 5.16. The molecule has 0 bridgehead atoms. The molecular formula is C14H20ClNO. The number of hydrogen-bond donors (Lipinski definition) is 1. The van der Waals surface area contributed by atoms with Gasteiger partial charge in [0.05, 0.1) is 6.10 Å². The molecule has 3 atom stereocenters. The van der Waals surface area contributed by atoms with Crippen molar-refractivity contribution in [2.45, 2.75) is 44.9 Å². The first-order chi connectivity index (χ1) is 8.16. The lowest BCUT2D eigenvalue weighted by molar-refractivity contribution is 0.0116. The molecule has 1 N–H and O–H groups in total. The van der Waals surface area contributed by atoms with Gasteiger partial charge < -0.3 is 10.1 Å². The van der Waals surface area contributed by atoms with Crippen LogP contribution in [0.3, 0.4) is 0 Å².